The fourth-order valence-corrected chi connectivity index (χ4v) is 4.33. The number of hydrogen-bond donors (Lipinski definition) is 6. The smallest absolute Gasteiger partial charge is 0.328 e. The molecular weight excluding hydrogens is 666 g/mol. The Labute approximate surface area is 291 Å². The summed E-state index contributed by atoms with van der Waals surface area (Å²) in [6.07, 6.45) is 0.552. The van der Waals surface area contributed by atoms with Crippen LogP contribution in [0.15, 0.2) is 0 Å². The molecular formula is C31H79N4O9P2S+. The predicted octanol–water partition coefficient (Wildman–Crippen LogP) is 7.06. The molecule has 0 fully saturated rings. The predicted molar refractivity (Wildman–Crippen MR) is 202 cm³/mol. The van der Waals surface area contributed by atoms with Crippen molar-refractivity contribution in [3.8, 4) is 0 Å². The molecule has 1 unspecified atom stereocenters. The Morgan fingerprint density at radius 1 is 0.809 bits per heavy atom. The number of nitrogens with two attached hydrogens (primary N) is 1. The first-order valence-electron chi connectivity index (χ1n) is 16.7. The van der Waals surface area contributed by atoms with Crippen molar-refractivity contribution in [2.24, 2.45) is 11.7 Å². The third kappa shape index (κ3) is 45.6. The van der Waals surface area contributed by atoms with Gasteiger partial charge < -0.3 is 34.3 Å². The molecule has 0 heterocycles. The summed E-state index contributed by atoms with van der Waals surface area (Å²) >= 11 is 0. The highest BCUT2D eigenvalue weighted by molar-refractivity contribution is 7.86. The molecule has 7 N–H and O–H groups in total. The molecule has 0 aromatic carbocycles. The topological polar surface area (TPSA) is 212 Å². The Kier molecular flexibility index (Phi) is 38.1. The average molecular weight is 746 g/mol. The molecule has 0 aliphatic heterocycles. The lowest BCUT2D eigenvalue weighted by Crippen LogP contribution is -2.52. The van der Waals surface area contributed by atoms with Gasteiger partial charge in [-0.15, -0.1) is 0 Å². The van der Waals surface area contributed by atoms with Crippen molar-refractivity contribution in [2.75, 3.05) is 39.4 Å². The summed E-state index contributed by atoms with van der Waals surface area (Å²) in [5.74, 6) is 0.813. The zero-order valence-electron chi connectivity index (χ0n) is 33.3. The number of nitrogens with one attached hydrogen (secondary N) is 1. The van der Waals surface area contributed by atoms with Crippen molar-refractivity contribution < 1.29 is 45.8 Å². The molecule has 0 amide bonds. The van der Waals surface area contributed by atoms with E-state index >= 15 is 0 Å². The Morgan fingerprint density at radius 3 is 1.11 bits per heavy atom. The van der Waals surface area contributed by atoms with E-state index in [-0.39, 0.29) is 11.9 Å². The first kappa shape index (κ1) is 58.8. The van der Waals surface area contributed by atoms with Crippen LogP contribution in [0.4, 0.5) is 0 Å². The van der Waals surface area contributed by atoms with Crippen molar-refractivity contribution in [1.82, 2.24) is 4.90 Å². The number of amidine groups is 1. The van der Waals surface area contributed by atoms with E-state index in [0.29, 0.717) is 12.0 Å². The maximum Gasteiger partial charge on any atom is 0.328 e. The maximum atomic E-state index is 10.4. The van der Waals surface area contributed by atoms with E-state index in [0.717, 1.165) is 12.5 Å². The van der Waals surface area contributed by atoms with Gasteiger partial charge in [0.25, 0.3) is 10.1 Å². The van der Waals surface area contributed by atoms with Crippen LogP contribution in [0.3, 0.4) is 0 Å². The van der Waals surface area contributed by atoms with Gasteiger partial charge in [-0.2, -0.15) is 8.42 Å². The molecule has 0 aliphatic carbocycles. The van der Waals surface area contributed by atoms with E-state index < -0.39 is 36.2 Å². The molecule has 292 valence electrons. The van der Waals surface area contributed by atoms with E-state index in [9.17, 15) is 17.5 Å². The van der Waals surface area contributed by atoms with Crippen molar-refractivity contribution in [1.29, 1.82) is 5.41 Å². The minimum Gasteiger partial charge on any atom is -0.388 e. The molecule has 0 spiro atoms. The van der Waals surface area contributed by atoms with Crippen LogP contribution in [0.1, 0.15) is 124 Å². The Bertz CT molecular complexity index is 919. The average Bonchev–Trinajstić information content (AvgIpc) is 2.84. The fourth-order valence-electron chi connectivity index (χ4n) is 3.55. The molecule has 47 heavy (non-hydrogen) atoms. The molecule has 16 heteroatoms. The first-order valence-corrected chi connectivity index (χ1v) is 21.9. The van der Waals surface area contributed by atoms with E-state index in [4.69, 9.17) is 30.4 Å². The lowest BCUT2D eigenvalue weighted by molar-refractivity contribution is -0.943. The molecule has 13 nitrogen and oxygen atoms in total. The fraction of sp³-hybridized carbons (Fsp3) is 0.968. The normalized spacial score (nSPS) is 13.0. The van der Waals surface area contributed by atoms with Crippen LogP contribution in [0.2, 0.25) is 0 Å². The van der Waals surface area contributed by atoms with Gasteiger partial charge in [-0.1, -0.05) is 41.5 Å². The molecule has 1 atom stereocenters. The van der Waals surface area contributed by atoms with Crippen molar-refractivity contribution in [3.63, 3.8) is 0 Å². The van der Waals surface area contributed by atoms with E-state index in [1.165, 1.54) is 71.6 Å². The Morgan fingerprint density at radius 2 is 1.11 bits per heavy atom. The summed E-state index contributed by atoms with van der Waals surface area (Å²) in [4.78, 5) is 27.4. The van der Waals surface area contributed by atoms with Gasteiger partial charge in [0.1, 0.15) is 0 Å². The zero-order valence-corrected chi connectivity index (χ0v) is 35.9. The molecule has 0 aromatic rings. The van der Waals surface area contributed by atoms with Crippen molar-refractivity contribution in [3.05, 3.63) is 0 Å². The standard InChI is InChI=1S/C9H22N.C7H17N.C5H12N2.C4H11O3P.C3H9O3P.C3H8O3S/c1-6-10(7-2,8-3)9(4)5;1-5-8(6-2)7(3)4;1-4(2)3-5(6)7;1-4(2)7-8(3,5)6;2*1-3(2)7(4,5)6/h9H,6-8H2,1-5H3;7H,5-6H2,1-4H3;4H,3H2,1-2H3,(H3,6,7);4H,1-3H3,(H,5,6);3H,1-2H3,(H2,4,5,6);3H,1-2H3,(H,4,5,6)/q+1;;;;;. The summed E-state index contributed by atoms with van der Waals surface area (Å²) in [6.45, 7) is 41.0. The van der Waals surface area contributed by atoms with Crippen LogP contribution in [0, 0.1) is 11.3 Å². The minimum atomic E-state index is -3.74. The van der Waals surface area contributed by atoms with Gasteiger partial charge >= 0.3 is 15.2 Å². The van der Waals surface area contributed by atoms with Crippen LogP contribution in [0.5, 0.6) is 0 Å². The summed E-state index contributed by atoms with van der Waals surface area (Å²) < 4.78 is 54.0. The van der Waals surface area contributed by atoms with Gasteiger partial charge in [-0.3, -0.25) is 19.1 Å². The lowest BCUT2D eigenvalue weighted by atomic mass is 10.1. The number of hydrogen-bond acceptors (Lipinski definition) is 7. The van der Waals surface area contributed by atoms with Crippen LogP contribution < -0.4 is 5.73 Å². The van der Waals surface area contributed by atoms with Gasteiger partial charge in [0.2, 0.25) is 0 Å². The highest BCUT2D eigenvalue weighted by Gasteiger charge is 2.24. The van der Waals surface area contributed by atoms with Gasteiger partial charge in [-0.25, -0.2) is 0 Å². The first-order chi connectivity index (χ1) is 20.8. The van der Waals surface area contributed by atoms with E-state index in [1.54, 1.807) is 13.8 Å². The second-order valence-electron chi connectivity index (χ2n) is 12.9. The third-order valence-electron chi connectivity index (χ3n) is 6.83. The second kappa shape index (κ2) is 30.4. The Balaban J connectivity index is -0.000000108. The molecule has 0 radical (unpaired) electrons. The molecule has 0 aromatic heterocycles. The highest BCUT2D eigenvalue weighted by atomic mass is 32.2. The van der Waals surface area contributed by atoms with Crippen molar-refractivity contribution >= 4 is 31.1 Å². The highest BCUT2D eigenvalue weighted by Crippen LogP contribution is 2.40. The molecule has 0 saturated carbocycles. The Hall–Kier alpha value is -0.400. The quantitative estimate of drug-likeness (QED) is 0.0369. The van der Waals surface area contributed by atoms with Gasteiger partial charge in [0.05, 0.1) is 48.5 Å². The van der Waals surface area contributed by atoms with Gasteiger partial charge in [0.15, 0.2) is 0 Å². The van der Waals surface area contributed by atoms with Crippen LogP contribution in [-0.2, 0) is 23.8 Å². The second-order valence-corrected chi connectivity index (χ2v) is 18.9. The molecule has 0 bridgehead atoms. The monoisotopic (exact) mass is 746 g/mol. The van der Waals surface area contributed by atoms with Crippen molar-refractivity contribution in [2.45, 2.75) is 153 Å². The molecule has 0 aliphatic rings. The zero-order chi connectivity index (χ0) is 39.6. The van der Waals surface area contributed by atoms with E-state index in [1.807, 2.05) is 13.8 Å². The summed E-state index contributed by atoms with van der Waals surface area (Å²) in [6, 6.07) is 1.49. The van der Waals surface area contributed by atoms with Gasteiger partial charge in [-0.05, 0) is 95.2 Å². The van der Waals surface area contributed by atoms with Gasteiger partial charge in [0, 0.05) is 19.1 Å². The van der Waals surface area contributed by atoms with Crippen LogP contribution >= 0.6 is 15.2 Å². The lowest BCUT2D eigenvalue weighted by Gasteiger charge is -2.39. The summed E-state index contributed by atoms with van der Waals surface area (Å²) in [5.41, 5.74) is 4.54. The number of nitrogens with zero attached hydrogens (tertiary/aromatic N) is 2. The summed E-state index contributed by atoms with van der Waals surface area (Å²) in [7, 11) is -10.7. The molecule has 0 saturated heterocycles. The SMILES string of the molecule is CC(C)CC(=N)N.CC(C)OP(C)(=O)O.CC(C)P(=O)(O)O.CC(C)S(=O)(=O)O.CCN(CC)C(C)C.CC[N+](CC)(CC)C(C)C. The van der Waals surface area contributed by atoms with E-state index in [2.05, 4.69) is 71.7 Å². The number of rotatable bonds is 13. The maximum absolute atomic E-state index is 10.4. The number of quaternary nitrogens is 1. The van der Waals surface area contributed by atoms with Crippen LogP contribution in [0.25, 0.3) is 0 Å². The largest absolute Gasteiger partial charge is 0.388 e. The minimum absolute atomic E-state index is 0.171. The van der Waals surface area contributed by atoms with Crippen LogP contribution in [-0.4, -0.2) is 111 Å². The molecule has 0 rings (SSSR count). The third-order valence-corrected chi connectivity index (χ3v) is 10.2. The summed E-state index contributed by atoms with van der Waals surface area (Å²) in [5, 5.41) is 6.13.